The van der Waals surface area contributed by atoms with E-state index in [4.69, 9.17) is 10.5 Å². The van der Waals surface area contributed by atoms with Crippen molar-refractivity contribution < 1.29 is 4.74 Å². The zero-order valence-electron chi connectivity index (χ0n) is 11.3. The van der Waals surface area contributed by atoms with Crippen LogP contribution in [0.25, 0.3) is 11.1 Å². The summed E-state index contributed by atoms with van der Waals surface area (Å²) in [5.74, 6) is 1.42. The van der Waals surface area contributed by atoms with Crippen molar-refractivity contribution in [3.05, 3.63) is 77.3 Å². The molecule has 0 saturated heterocycles. The molecule has 2 nitrogen and oxygen atoms in total. The van der Waals surface area contributed by atoms with Gasteiger partial charge in [0.05, 0.1) is 10.2 Å². The first-order valence-corrected chi connectivity index (χ1v) is 7.41. The quantitative estimate of drug-likeness (QED) is 0.640. The van der Waals surface area contributed by atoms with Crippen LogP contribution in [0.4, 0.5) is 5.69 Å². The summed E-state index contributed by atoms with van der Waals surface area (Å²) in [6, 6.07) is 23.6. The lowest BCUT2D eigenvalue weighted by molar-refractivity contribution is 0.484. The van der Waals surface area contributed by atoms with Gasteiger partial charge in [-0.25, -0.2) is 0 Å². The van der Waals surface area contributed by atoms with Gasteiger partial charge in [-0.3, -0.25) is 0 Å². The van der Waals surface area contributed by atoms with Crippen molar-refractivity contribution in [2.75, 3.05) is 5.73 Å². The average Bonchev–Trinajstić information content (AvgIpc) is 2.52. The fourth-order valence-electron chi connectivity index (χ4n) is 2.14. The molecule has 3 rings (SSSR count). The van der Waals surface area contributed by atoms with Crippen molar-refractivity contribution in [1.29, 1.82) is 0 Å². The maximum atomic E-state index is 6.05. The van der Waals surface area contributed by atoms with E-state index in [2.05, 4.69) is 28.1 Å². The molecule has 3 aromatic rings. The van der Waals surface area contributed by atoms with E-state index >= 15 is 0 Å². The van der Waals surface area contributed by atoms with Crippen LogP contribution in [0.1, 0.15) is 0 Å². The summed E-state index contributed by atoms with van der Waals surface area (Å²) in [5.41, 5.74) is 8.71. The standard InChI is InChI=1S/C18H14BrNO/c19-15-10-6-9-14(13-7-2-1-3-8-13)18(15)21-17-12-5-4-11-16(17)20/h1-12H,20H2. The predicted molar refractivity (Wildman–Crippen MR) is 90.5 cm³/mol. The largest absolute Gasteiger partial charge is 0.453 e. The van der Waals surface area contributed by atoms with Crippen molar-refractivity contribution >= 4 is 21.6 Å². The molecule has 0 spiro atoms. The van der Waals surface area contributed by atoms with Crippen LogP contribution < -0.4 is 10.5 Å². The van der Waals surface area contributed by atoms with Gasteiger partial charge in [-0.1, -0.05) is 54.6 Å². The number of benzene rings is 3. The van der Waals surface area contributed by atoms with Gasteiger partial charge in [0.25, 0.3) is 0 Å². The summed E-state index contributed by atoms with van der Waals surface area (Å²) in [6.07, 6.45) is 0. The smallest absolute Gasteiger partial charge is 0.150 e. The van der Waals surface area contributed by atoms with E-state index in [-0.39, 0.29) is 0 Å². The second-order valence-corrected chi connectivity index (χ2v) is 5.48. The number of nitrogens with two attached hydrogens (primary N) is 1. The summed E-state index contributed by atoms with van der Waals surface area (Å²) in [4.78, 5) is 0. The van der Waals surface area contributed by atoms with E-state index in [9.17, 15) is 0 Å². The Labute approximate surface area is 132 Å². The van der Waals surface area contributed by atoms with Gasteiger partial charge in [0.2, 0.25) is 0 Å². The molecule has 0 aliphatic carbocycles. The van der Waals surface area contributed by atoms with Gasteiger partial charge in [0, 0.05) is 5.56 Å². The molecule has 0 bridgehead atoms. The molecule has 0 aliphatic heterocycles. The van der Waals surface area contributed by atoms with E-state index < -0.39 is 0 Å². The fraction of sp³-hybridized carbons (Fsp3) is 0. The molecule has 0 saturated carbocycles. The Morgan fingerprint density at radius 3 is 2.24 bits per heavy atom. The highest BCUT2D eigenvalue weighted by Crippen LogP contribution is 2.40. The lowest BCUT2D eigenvalue weighted by Gasteiger charge is -2.14. The van der Waals surface area contributed by atoms with Crippen LogP contribution in [0, 0.1) is 0 Å². The normalized spacial score (nSPS) is 10.3. The Morgan fingerprint density at radius 2 is 1.48 bits per heavy atom. The minimum Gasteiger partial charge on any atom is -0.453 e. The summed E-state index contributed by atoms with van der Waals surface area (Å²) in [7, 11) is 0. The van der Waals surface area contributed by atoms with Crippen LogP contribution in [0.3, 0.4) is 0 Å². The minimum atomic E-state index is 0.618. The van der Waals surface area contributed by atoms with E-state index in [1.54, 1.807) is 0 Å². The molecule has 0 atom stereocenters. The molecule has 2 N–H and O–H groups in total. The molecule has 0 unspecified atom stereocenters. The number of hydrogen-bond donors (Lipinski definition) is 1. The Hall–Kier alpha value is -2.26. The minimum absolute atomic E-state index is 0.618. The Bertz CT molecular complexity index is 756. The second-order valence-electron chi connectivity index (χ2n) is 4.62. The van der Waals surface area contributed by atoms with Crippen molar-refractivity contribution in [2.45, 2.75) is 0 Å². The maximum absolute atomic E-state index is 6.05. The summed E-state index contributed by atoms with van der Waals surface area (Å²) in [5, 5.41) is 0. The highest BCUT2D eigenvalue weighted by Gasteiger charge is 2.12. The van der Waals surface area contributed by atoms with E-state index in [0.29, 0.717) is 11.4 Å². The molecule has 0 fully saturated rings. The van der Waals surface area contributed by atoms with Crippen LogP contribution in [0.15, 0.2) is 77.3 Å². The monoisotopic (exact) mass is 339 g/mol. The number of halogens is 1. The molecular formula is C18H14BrNO. The van der Waals surface area contributed by atoms with Crippen molar-refractivity contribution in [3.8, 4) is 22.6 Å². The number of nitrogen functional groups attached to an aromatic ring is 1. The van der Waals surface area contributed by atoms with Crippen LogP contribution in [0.2, 0.25) is 0 Å². The number of rotatable bonds is 3. The molecule has 0 radical (unpaired) electrons. The molecule has 0 heterocycles. The molecular weight excluding hydrogens is 326 g/mol. The lowest BCUT2D eigenvalue weighted by atomic mass is 10.0. The molecule has 0 aromatic heterocycles. The first-order chi connectivity index (χ1) is 10.3. The highest BCUT2D eigenvalue weighted by molar-refractivity contribution is 9.10. The zero-order valence-corrected chi connectivity index (χ0v) is 12.9. The van der Waals surface area contributed by atoms with E-state index in [0.717, 1.165) is 21.3 Å². The molecule has 3 aromatic carbocycles. The first kappa shape index (κ1) is 13.7. The molecule has 0 amide bonds. The van der Waals surface area contributed by atoms with Gasteiger partial charge < -0.3 is 10.5 Å². The molecule has 3 heteroatoms. The van der Waals surface area contributed by atoms with Crippen molar-refractivity contribution in [2.24, 2.45) is 0 Å². The number of hydrogen-bond acceptors (Lipinski definition) is 2. The molecule has 104 valence electrons. The van der Waals surface area contributed by atoms with E-state index in [1.165, 1.54) is 0 Å². The first-order valence-electron chi connectivity index (χ1n) is 6.62. The van der Waals surface area contributed by atoms with Gasteiger partial charge >= 0.3 is 0 Å². The summed E-state index contributed by atoms with van der Waals surface area (Å²) in [6.45, 7) is 0. The van der Waals surface area contributed by atoms with Gasteiger partial charge in [-0.05, 0) is 39.7 Å². The van der Waals surface area contributed by atoms with Crippen LogP contribution in [-0.2, 0) is 0 Å². The number of anilines is 1. The van der Waals surface area contributed by atoms with E-state index in [1.807, 2.05) is 60.7 Å². The average molecular weight is 340 g/mol. The third-order valence-electron chi connectivity index (χ3n) is 3.18. The van der Waals surface area contributed by atoms with Gasteiger partial charge in [0.15, 0.2) is 0 Å². The molecule has 0 aliphatic rings. The number of ether oxygens (including phenoxy) is 1. The SMILES string of the molecule is Nc1ccccc1Oc1c(Br)cccc1-c1ccccc1. The van der Waals surface area contributed by atoms with Crippen molar-refractivity contribution in [1.82, 2.24) is 0 Å². The fourth-order valence-corrected chi connectivity index (χ4v) is 2.59. The zero-order chi connectivity index (χ0) is 14.7. The van der Waals surface area contributed by atoms with Crippen LogP contribution >= 0.6 is 15.9 Å². The van der Waals surface area contributed by atoms with Crippen LogP contribution in [0.5, 0.6) is 11.5 Å². The Morgan fingerprint density at radius 1 is 0.762 bits per heavy atom. The predicted octanol–water partition coefficient (Wildman–Crippen LogP) is 5.49. The van der Waals surface area contributed by atoms with Gasteiger partial charge in [-0.15, -0.1) is 0 Å². The Kier molecular flexibility index (Phi) is 3.93. The van der Waals surface area contributed by atoms with Gasteiger partial charge in [0.1, 0.15) is 11.5 Å². The molecule has 21 heavy (non-hydrogen) atoms. The topological polar surface area (TPSA) is 35.2 Å². The Balaban J connectivity index is 2.08. The number of para-hydroxylation sites is 3. The third kappa shape index (κ3) is 2.93. The highest BCUT2D eigenvalue weighted by atomic mass is 79.9. The van der Waals surface area contributed by atoms with Crippen LogP contribution in [-0.4, -0.2) is 0 Å². The summed E-state index contributed by atoms with van der Waals surface area (Å²) >= 11 is 3.56. The maximum Gasteiger partial charge on any atom is 0.150 e. The lowest BCUT2D eigenvalue weighted by Crippen LogP contribution is -1.94. The van der Waals surface area contributed by atoms with Crippen molar-refractivity contribution in [3.63, 3.8) is 0 Å². The summed E-state index contributed by atoms with van der Waals surface area (Å²) < 4.78 is 6.95. The second kappa shape index (κ2) is 6.02. The van der Waals surface area contributed by atoms with Gasteiger partial charge in [-0.2, -0.15) is 0 Å². The third-order valence-corrected chi connectivity index (χ3v) is 3.81.